The summed E-state index contributed by atoms with van der Waals surface area (Å²) in [5, 5.41) is 10.2. The van der Waals surface area contributed by atoms with Crippen molar-refractivity contribution in [2.24, 2.45) is 0 Å². The van der Waals surface area contributed by atoms with Gasteiger partial charge in [0.25, 0.3) is 0 Å². The summed E-state index contributed by atoms with van der Waals surface area (Å²) in [5.41, 5.74) is 1.81. The van der Waals surface area contributed by atoms with E-state index in [0.717, 1.165) is 29.0 Å². The van der Waals surface area contributed by atoms with Gasteiger partial charge in [0, 0.05) is 11.6 Å². The van der Waals surface area contributed by atoms with Gasteiger partial charge in [0.2, 0.25) is 11.1 Å². The first-order valence-electron chi connectivity index (χ1n) is 8.05. The standard InChI is InChI=1S/C18H17F2N5OS/c1-10-3-5-12(6-4-10)16-23-24-18(25(16)21)27-11(2)17(26)22-15-8-7-13(19)9-14(15)20/h3-9,11H,21H2,1-2H3,(H,22,26). The van der Waals surface area contributed by atoms with Gasteiger partial charge in [-0.3, -0.25) is 4.79 Å². The van der Waals surface area contributed by atoms with Crippen LogP contribution in [0.2, 0.25) is 0 Å². The fourth-order valence-electron chi connectivity index (χ4n) is 2.29. The van der Waals surface area contributed by atoms with Crippen LogP contribution in [0.1, 0.15) is 12.5 Å². The smallest absolute Gasteiger partial charge is 0.237 e. The van der Waals surface area contributed by atoms with Gasteiger partial charge in [-0.15, -0.1) is 10.2 Å². The third kappa shape index (κ3) is 4.25. The molecule has 0 aliphatic carbocycles. The number of amides is 1. The average molecular weight is 389 g/mol. The van der Waals surface area contributed by atoms with Crippen molar-refractivity contribution in [2.75, 3.05) is 11.2 Å². The maximum absolute atomic E-state index is 13.7. The number of benzene rings is 2. The molecule has 6 nitrogen and oxygen atoms in total. The predicted octanol–water partition coefficient (Wildman–Crippen LogP) is 3.36. The van der Waals surface area contributed by atoms with Gasteiger partial charge in [-0.2, -0.15) is 0 Å². The number of nitrogens with zero attached hydrogens (tertiary/aromatic N) is 3. The number of hydrogen-bond donors (Lipinski definition) is 2. The summed E-state index contributed by atoms with van der Waals surface area (Å²) in [4.78, 5) is 12.3. The molecule has 1 amide bonds. The monoisotopic (exact) mass is 389 g/mol. The minimum atomic E-state index is -0.843. The highest BCUT2D eigenvalue weighted by atomic mass is 32.2. The Morgan fingerprint density at radius 2 is 1.89 bits per heavy atom. The van der Waals surface area contributed by atoms with E-state index in [1.165, 1.54) is 10.7 Å². The zero-order valence-electron chi connectivity index (χ0n) is 14.6. The molecule has 1 unspecified atom stereocenters. The number of anilines is 1. The molecule has 0 saturated carbocycles. The van der Waals surface area contributed by atoms with Crippen LogP contribution in [0.5, 0.6) is 0 Å². The summed E-state index contributed by atoms with van der Waals surface area (Å²) < 4.78 is 27.9. The molecule has 2 aromatic carbocycles. The Morgan fingerprint density at radius 1 is 1.19 bits per heavy atom. The first kappa shape index (κ1) is 18.8. The molecule has 0 aliphatic heterocycles. The van der Waals surface area contributed by atoms with Crippen molar-refractivity contribution in [3.05, 3.63) is 59.7 Å². The minimum absolute atomic E-state index is 0.0941. The van der Waals surface area contributed by atoms with E-state index in [1.54, 1.807) is 6.92 Å². The Hall–Kier alpha value is -2.94. The fraction of sp³-hybridized carbons (Fsp3) is 0.167. The van der Waals surface area contributed by atoms with Crippen LogP contribution in [-0.4, -0.2) is 26.0 Å². The van der Waals surface area contributed by atoms with Gasteiger partial charge in [0.15, 0.2) is 5.82 Å². The van der Waals surface area contributed by atoms with E-state index in [9.17, 15) is 13.6 Å². The van der Waals surface area contributed by atoms with E-state index < -0.39 is 22.8 Å². The lowest BCUT2D eigenvalue weighted by Crippen LogP contribution is -2.24. The third-order valence-corrected chi connectivity index (χ3v) is 4.87. The second-order valence-corrected chi connectivity index (χ2v) is 7.22. The summed E-state index contributed by atoms with van der Waals surface area (Å²) in [6.45, 7) is 3.60. The molecule has 9 heteroatoms. The molecule has 0 fully saturated rings. The van der Waals surface area contributed by atoms with Crippen molar-refractivity contribution in [1.29, 1.82) is 0 Å². The molecule has 0 bridgehead atoms. The molecule has 3 rings (SSSR count). The van der Waals surface area contributed by atoms with E-state index in [0.29, 0.717) is 17.0 Å². The van der Waals surface area contributed by atoms with Crippen LogP contribution in [0.15, 0.2) is 47.6 Å². The van der Waals surface area contributed by atoms with Gasteiger partial charge in [-0.25, -0.2) is 13.5 Å². The molecule has 0 saturated heterocycles. The highest BCUT2D eigenvalue weighted by molar-refractivity contribution is 8.00. The van der Waals surface area contributed by atoms with Crippen molar-refractivity contribution in [1.82, 2.24) is 14.9 Å². The van der Waals surface area contributed by atoms with Crippen LogP contribution in [0, 0.1) is 18.6 Å². The molecule has 27 heavy (non-hydrogen) atoms. The number of nitrogens with two attached hydrogens (primary N) is 1. The number of halogens is 2. The highest BCUT2D eigenvalue weighted by Crippen LogP contribution is 2.26. The Bertz CT molecular complexity index is 974. The second kappa shape index (κ2) is 7.75. The van der Waals surface area contributed by atoms with E-state index in [1.807, 2.05) is 31.2 Å². The molecule has 0 spiro atoms. The van der Waals surface area contributed by atoms with E-state index >= 15 is 0 Å². The number of rotatable bonds is 5. The van der Waals surface area contributed by atoms with Crippen LogP contribution in [0.3, 0.4) is 0 Å². The molecule has 3 aromatic rings. The normalized spacial score (nSPS) is 12.0. The predicted molar refractivity (Wildman–Crippen MR) is 101 cm³/mol. The summed E-state index contributed by atoms with van der Waals surface area (Å²) in [7, 11) is 0. The van der Waals surface area contributed by atoms with Crippen LogP contribution < -0.4 is 11.2 Å². The average Bonchev–Trinajstić information content (AvgIpc) is 2.98. The first-order valence-corrected chi connectivity index (χ1v) is 8.93. The zero-order chi connectivity index (χ0) is 19.6. The van der Waals surface area contributed by atoms with Crippen molar-refractivity contribution in [3.63, 3.8) is 0 Å². The summed E-state index contributed by atoms with van der Waals surface area (Å²) >= 11 is 1.08. The number of carbonyl (C=O) groups excluding carboxylic acids is 1. The second-order valence-electron chi connectivity index (χ2n) is 5.92. The van der Waals surface area contributed by atoms with Crippen molar-refractivity contribution in [2.45, 2.75) is 24.3 Å². The highest BCUT2D eigenvalue weighted by Gasteiger charge is 2.21. The number of nitrogen functional groups attached to an aromatic ring is 1. The molecule has 1 atom stereocenters. The van der Waals surface area contributed by atoms with Crippen LogP contribution in [0.25, 0.3) is 11.4 Å². The van der Waals surface area contributed by atoms with Crippen LogP contribution in [0.4, 0.5) is 14.5 Å². The van der Waals surface area contributed by atoms with Gasteiger partial charge in [-0.05, 0) is 26.0 Å². The molecule has 140 valence electrons. The molecule has 0 radical (unpaired) electrons. The largest absolute Gasteiger partial charge is 0.335 e. The number of carbonyl (C=O) groups is 1. The van der Waals surface area contributed by atoms with Crippen molar-refractivity contribution < 1.29 is 13.6 Å². The van der Waals surface area contributed by atoms with Crippen molar-refractivity contribution in [3.8, 4) is 11.4 Å². The molecule has 1 aromatic heterocycles. The van der Waals surface area contributed by atoms with E-state index in [2.05, 4.69) is 15.5 Å². The van der Waals surface area contributed by atoms with E-state index in [-0.39, 0.29) is 5.69 Å². The quantitative estimate of drug-likeness (QED) is 0.516. The lowest BCUT2D eigenvalue weighted by atomic mass is 10.1. The molecule has 0 aliphatic rings. The maximum atomic E-state index is 13.7. The minimum Gasteiger partial charge on any atom is -0.335 e. The molecular formula is C18H17F2N5OS. The Balaban J connectivity index is 1.71. The maximum Gasteiger partial charge on any atom is 0.237 e. The van der Waals surface area contributed by atoms with Gasteiger partial charge in [0.05, 0.1) is 10.9 Å². The Labute approximate surface area is 158 Å². The molecular weight excluding hydrogens is 372 g/mol. The number of hydrogen-bond acceptors (Lipinski definition) is 5. The summed E-state index contributed by atoms with van der Waals surface area (Å²) in [6.07, 6.45) is 0. The summed E-state index contributed by atoms with van der Waals surface area (Å²) in [6, 6.07) is 10.6. The molecule has 1 heterocycles. The number of aryl methyl sites for hydroxylation is 1. The van der Waals surface area contributed by atoms with Crippen molar-refractivity contribution >= 4 is 23.4 Å². The summed E-state index contributed by atoms with van der Waals surface area (Å²) in [5.74, 6) is 4.49. The Kier molecular flexibility index (Phi) is 5.41. The van der Waals surface area contributed by atoms with Gasteiger partial charge < -0.3 is 11.2 Å². The fourth-order valence-corrected chi connectivity index (χ4v) is 3.06. The van der Waals surface area contributed by atoms with Gasteiger partial charge >= 0.3 is 0 Å². The van der Waals surface area contributed by atoms with E-state index in [4.69, 9.17) is 5.84 Å². The van der Waals surface area contributed by atoms with Gasteiger partial charge in [0.1, 0.15) is 11.6 Å². The third-order valence-electron chi connectivity index (χ3n) is 3.81. The van der Waals surface area contributed by atoms with Crippen LogP contribution >= 0.6 is 11.8 Å². The first-order chi connectivity index (χ1) is 12.8. The van der Waals surface area contributed by atoms with Crippen LogP contribution in [-0.2, 0) is 4.79 Å². The number of nitrogens with one attached hydrogen (secondary N) is 1. The number of aromatic nitrogens is 3. The zero-order valence-corrected chi connectivity index (χ0v) is 15.4. The topological polar surface area (TPSA) is 85.8 Å². The Morgan fingerprint density at radius 3 is 2.56 bits per heavy atom. The SMILES string of the molecule is Cc1ccc(-c2nnc(SC(C)C(=O)Nc3ccc(F)cc3F)n2N)cc1. The molecule has 3 N–H and O–H groups in total. The lowest BCUT2D eigenvalue weighted by Gasteiger charge is -2.12. The number of thioether (sulfide) groups is 1. The van der Waals surface area contributed by atoms with Gasteiger partial charge in [-0.1, -0.05) is 41.6 Å². The lowest BCUT2D eigenvalue weighted by molar-refractivity contribution is -0.115.